The molecule has 0 saturated carbocycles. The van der Waals surface area contributed by atoms with Gasteiger partial charge in [0.2, 0.25) is 0 Å². The lowest BCUT2D eigenvalue weighted by atomic mass is 10.2. The van der Waals surface area contributed by atoms with Gasteiger partial charge in [-0.05, 0) is 17.9 Å². The molecule has 1 aliphatic rings. The molecule has 0 bridgehead atoms. The van der Waals surface area contributed by atoms with Gasteiger partial charge in [0.25, 0.3) is 5.91 Å². The van der Waals surface area contributed by atoms with E-state index in [4.69, 9.17) is 5.73 Å². The van der Waals surface area contributed by atoms with Gasteiger partial charge in [-0.25, -0.2) is 4.39 Å². The Kier molecular flexibility index (Phi) is 4.63. The zero-order chi connectivity index (χ0) is 16.4. The Bertz CT molecular complexity index is 671. The molecule has 3 heterocycles. The molecule has 2 atom stereocenters. The van der Waals surface area contributed by atoms with E-state index >= 15 is 0 Å². The Morgan fingerprint density at radius 3 is 3.09 bits per heavy atom. The number of anilines is 1. The largest absolute Gasteiger partial charge is 0.383 e. The minimum absolute atomic E-state index is 0.00561. The van der Waals surface area contributed by atoms with E-state index in [2.05, 4.69) is 15.3 Å². The highest BCUT2D eigenvalue weighted by molar-refractivity contribution is 7.09. The van der Waals surface area contributed by atoms with Crippen molar-refractivity contribution >= 4 is 23.1 Å². The molecule has 0 aliphatic carbocycles. The van der Waals surface area contributed by atoms with Gasteiger partial charge in [-0.2, -0.15) is 5.10 Å². The normalized spacial score (nSPS) is 21.7. The topological polar surface area (TPSA) is 76.2 Å². The average molecular weight is 337 g/mol. The second-order valence-electron chi connectivity index (χ2n) is 5.77. The second-order valence-corrected chi connectivity index (χ2v) is 6.80. The molecule has 8 heteroatoms. The van der Waals surface area contributed by atoms with Crippen LogP contribution in [-0.4, -0.2) is 45.9 Å². The number of aromatic nitrogens is 2. The molecule has 1 amide bonds. The van der Waals surface area contributed by atoms with Crippen molar-refractivity contribution < 1.29 is 9.18 Å². The number of likely N-dealkylation sites (tertiary alicyclic amines) is 1. The summed E-state index contributed by atoms with van der Waals surface area (Å²) in [4.78, 5) is 15.5. The van der Waals surface area contributed by atoms with Crippen molar-refractivity contribution in [1.29, 1.82) is 0 Å². The van der Waals surface area contributed by atoms with E-state index in [1.165, 1.54) is 15.8 Å². The summed E-state index contributed by atoms with van der Waals surface area (Å²) < 4.78 is 15.2. The van der Waals surface area contributed by atoms with E-state index in [0.29, 0.717) is 37.4 Å². The SMILES string of the molecule is Cn1ncc(C(=O)NC[C@@H]2C[C@H](F)CN2Cc2cccs2)c1N. The summed E-state index contributed by atoms with van der Waals surface area (Å²) in [6.45, 7) is 1.53. The van der Waals surface area contributed by atoms with Crippen LogP contribution in [0.25, 0.3) is 0 Å². The first-order valence-corrected chi connectivity index (χ1v) is 8.38. The van der Waals surface area contributed by atoms with Gasteiger partial charge < -0.3 is 11.1 Å². The molecule has 1 fully saturated rings. The molecular weight excluding hydrogens is 317 g/mol. The van der Waals surface area contributed by atoms with Crippen molar-refractivity contribution in [3.05, 3.63) is 34.2 Å². The number of hydrogen-bond acceptors (Lipinski definition) is 5. The van der Waals surface area contributed by atoms with Crippen LogP contribution in [0.3, 0.4) is 0 Å². The minimum Gasteiger partial charge on any atom is -0.383 e. The number of aryl methyl sites for hydroxylation is 1. The second kappa shape index (κ2) is 6.67. The Hall–Kier alpha value is -1.93. The van der Waals surface area contributed by atoms with Crippen LogP contribution >= 0.6 is 11.3 Å². The monoisotopic (exact) mass is 337 g/mol. The summed E-state index contributed by atoms with van der Waals surface area (Å²) in [7, 11) is 1.68. The molecule has 0 unspecified atom stereocenters. The maximum Gasteiger partial charge on any atom is 0.256 e. The number of halogens is 1. The lowest BCUT2D eigenvalue weighted by molar-refractivity contribution is 0.0941. The summed E-state index contributed by atoms with van der Waals surface area (Å²) in [5.74, 6) is 0.0571. The predicted octanol–water partition coefficient (Wildman–Crippen LogP) is 1.41. The Morgan fingerprint density at radius 1 is 1.61 bits per heavy atom. The van der Waals surface area contributed by atoms with Gasteiger partial charge in [0.05, 0.1) is 6.20 Å². The fourth-order valence-corrected chi connectivity index (χ4v) is 3.59. The van der Waals surface area contributed by atoms with E-state index in [-0.39, 0.29) is 11.9 Å². The Morgan fingerprint density at radius 2 is 2.43 bits per heavy atom. The molecule has 1 aliphatic heterocycles. The van der Waals surface area contributed by atoms with Crippen molar-refractivity contribution in [2.24, 2.45) is 7.05 Å². The fourth-order valence-electron chi connectivity index (χ4n) is 2.86. The smallest absolute Gasteiger partial charge is 0.256 e. The van der Waals surface area contributed by atoms with E-state index in [1.807, 2.05) is 17.5 Å². The zero-order valence-electron chi connectivity index (χ0n) is 12.9. The van der Waals surface area contributed by atoms with Crippen LogP contribution in [-0.2, 0) is 13.6 Å². The van der Waals surface area contributed by atoms with Crippen molar-refractivity contribution in [2.45, 2.75) is 25.2 Å². The van der Waals surface area contributed by atoms with Gasteiger partial charge in [0.1, 0.15) is 17.6 Å². The van der Waals surface area contributed by atoms with E-state index in [9.17, 15) is 9.18 Å². The van der Waals surface area contributed by atoms with Crippen LogP contribution in [0.2, 0.25) is 0 Å². The third kappa shape index (κ3) is 3.53. The highest BCUT2D eigenvalue weighted by atomic mass is 32.1. The number of alkyl halides is 1. The third-order valence-electron chi connectivity index (χ3n) is 4.14. The molecule has 1 saturated heterocycles. The standard InChI is InChI=1S/C15H20FN5OS/c1-20-14(17)13(7-19-20)15(22)18-6-11-5-10(16)8-21(11)9-12-3-2-4-23-12/h2-4,7,10-11H,5-6,8-9,17H2,1H3,(H,18,22)/t10-,11-/m0/s1. The first-order valence-electron chi connectivity index (χ1n) is 7.50. The van der Waals surface area contributed by atoms with Gasteiger partial charge in [-0.3, -0.25) is 14.4 Å². The number of thiophene rings is 1. The van der Waals surface area contributed by atoms with Gasteiger partial charge in [-0.15, -0.1) is 11.3 Å². The molecule has 124 valence electrons. The fraction of sp³-hybridized carbons (Fsp3) is 0.467. The molecular formula is C15H20FN5OS. The number of nitrogens with one attached hydrogen (secondary N) is 1. The number of hydrogen-bond donors (Lipinski definition) is 2. The van der Waals surface area contributed by atoms with Gasteiger partial charge >= 0.3 is 0 Å². The number of nitrogens with two attached hydrogens (primary N) is 1. The molecule has 3 rings (SSSR count). The van der Waals surface area contributed by atoms with Crippen LogP contribution < -0.4 is 11.1 Å². The van der Waals surface area contributed by atoms with Crippen LogP contribution in [0.15, 0.2) is 23.7 Å². The first-order chi connectivity index (χ1) is 11.0. The number of rotatable bonds is 5. The van der Waals surface area contributed by atoms with Gasteiger partial charge in [0, 0.05) is 37.6 Å². The summed E-state index contributed by atoms with van der Waals surface area (Å²) in [5.41, 5.74) is 6.15. The summed E-state index contributed by atoms with van der Waals surface area (Å²) in [5, 5.41) is 8.82. The maximum absolute atomic E-state index is 13.8. The molecule has 0 radical (unpaired) electrons. The highest BCUT2D eigenvalue weighted by Gasteiger charge is 2.32. The number of amides is 1. The van der Waals surface area contributed by atoms with Gasteiger partial charge in [-0.1, -0.05) is 6.07 Å². The number of carbonyl (C=O) groups excluding carboxylic acids is 1. The predicted molar refractivity (Wildman–Crippen MR) is 88.0 cm³/mol. The van der Waals surface area contributed by atoms with E-state index in [0.717, 1.165) is 0 Å². The van der Waals surface area contributed by atoms with Crippen molar-refractivity contribution in [3.63, 3.8) is 0 Å². The van der Waals surface area contributed by atoms with E-state index in [1.54, 1.807) is 18.4 Å². The van der Waals surface area contributed by atoms with Crippen LogP contribution in [0.1, 0.15) is 21.7 Å². The van der Waals surface area contributed by atoms with Crippen LogP contribution in [0.5, 0.6) is 0 Å². The lowest BCUT2D eigenvalue weighted by Gasteiger charge is -2.23. The minimum atomic E-state index is -0.847. The highest BCUT2D eigenvalue weighted by Crippen LogP contribution is 2.24. The lowest BCUT2D eigenvalue weighted by Crippen LogP contribution is -2.39. The molecule has 2 aromatic heterocycles. The number of nitrogens with zero attached hydrogens (tertiary/aromatic N) is 3. The zero-order valence-corrected chi connectivity index (χ0v) is 13.7. The maximum atomic E-state index is 13.8. The molecule has 0 spiro atoms. The molecule has 23 heavy (non-hydrogen) atoms. The van der Waals surface area contributed by atoms with Crippen LogP contribution in [0.4, 0.5) is 10.2 Å². The Labute approximate surface area is 138 Å². The number of carbonyl (C=O) groups is 1. The summed E-state index contributed by atoms with van der Waals surface area (Å²) in [6.07, 6.45) is 1.04. The van der Waals surface area contributed by atoms with Gasteiger partial charge in [0.15, 0.2) is 0 Å². The van der Waals surface area contributed by atoms with Crippen molar-refractivity contribution in [3.8, 4) is 0 Å². The average Bonchev–Trinajstić information content (AvgIpc) is 3.21. The summed E-state index contributed by atoms with van der Waals surface area (Å²) >= 11 is 1.66. The molecule has 3 N–H and O–H groups in total. The van der Waals surface area contributed by atoms with Crippen LogP contribution in [0, 0.1) is 0 Å². The van der Waals surface area contributed by atoms with E-state index < -0.39 is 6.17 Å². The molecule has 2 aromatic rings. The summed E-state index contributed by atoms with van der Waals surface area (Å²) in [6, 6.07) is 4.03. The van der Waals surface area contributed by atoms with Crippen molar-refractivity contribution in [1.82, 2.24) is 20.0 Å². The number of nitrogen functional groups attached to an aromatic ring is 1. The quantitative estimate of drug-likeness (QED) is 0.865. The third-order valence-corrected chi connectivity index (χ3v) is 5.00. The molecule has 6 nitrogen and oxygen atoms in total. The first kappa shape index (κ1) is 15.9. The molecule has 0 aromatic carbocycles. The van der Waals surface area contributed by atoms with Crippen molar-refractivity contribution in [2.75, 3.05) is 18.8 Å². The Balaban J connectivity index is 1.59.